The van der Waals surface area contributed by atoms with Crippen LogP contribution in [-0.2, 0) is 22.7 Å². The number of halogens is 1. The smallest absolute Gasteiger partial charge is 0.247 e. The van der Waals surface area contributed by atoms with Gasteiger partial charge in [-0.3, -0.25) is 14.6 Å². The second-order valence-corrected chi connectivity index (χ2v) is 9.62. The highest BCUT2D eigenvalue weighted by molar-refractivity contribution is 5.89. The molecule has 0 saturated carbocycles. The molecular weight excluding hydrogens is 477 g/mol. The Kier molecular flexibility index (Phi) is 7.42. The van der Waals surface area contributed by atoms with Crippen LogP contribution in [0.15, 0.2) is 65.3 Å². The first-order valence-corrected chi connectivity index (χ1v) is 11.7. The SMILES string of the molecule is Cc1ccc(-c2nnn(CC(=O)N(Cc3ccc(F)cc3)[C@H](C(=O)NC(C)(C)C)c3ccncc3)n2)o1. The van der Waals surface area contributed by atoms with Crippen LogP contribution in [0.3, 0.4) is 0 Å². The van der Waals surface area contributed by atoms with E-state index in [9.17, 15) is 14.0 Å². The van der Waals surface area contributed by atoms with Gasteiger partial charge in [-0.15, -0.1) is 10.2 Å². The van der Waals surface area contributed by atoms with Crippen molar-refractivity contribution < 1.29 is 18.4 Å². The lowest BCUT2D eigenvalue weighted by Crippen LogP contribution is -2.49. The number of carbonyl (C=O) groups excluding carboxylic acids is 2. The van der Waals surface area contributed by atoms with Crippen molar-refractivity contribution >= 4 is 11.8 Å². The van der Waals surface area contributed by atoms with Gasteiger partial charge in [-0.1, -0.05) is 12.1 Å². The standard InChI is InChI=1S/C26H28FN7O3/c1-17-5-10-21(37-17)24-30-32-34(31-24)16-22(35)33(15-18-6-8-20(27)9-7-18)23(19-11-13-28-14-12-19)25(36)29-26(2,3)4/h5-14,23H,15-16H2,1-4H3,(H,29,36)/t23-/m0/s1. The van der Waals surface area contributed by atoms with E-state index >= 15 is 0 Å². The first-order valence-electron chi connectivity index (χ1n) is 11.7. The van der Waals surface area contributed by atoms with Gasteiger partial charge in [0.1, 0.15) is 24.2 Å². The van der Waals surface area contributed by atoms with Gasteiger partial charge in [-0.2, -0.15) is 4.80 Å². The fraction of sp³-hybridized carbons (Fsp3) is 0.308. The minimum atomic E-state index is -0.990. The van der Waals surface area contributed by atoms with Crippen LogP contribution >= 0.6 is 0 Å². The van der Waals surface area contributed by atoms with Crippen molar-refractivity contribution in [2.45, 2.75) is 52.4 Å². The summed E-state index contributed by atoms with van der Waals surface area (Å²) in [6.45, 7) is 7.14. The number of tetrazole rings is 1. The summed E-state index contributed by atoms with van der Waals surface area (Å²) in [6.07, 6.45) is 3.12. The maximum absolute atomic E-state index is 13.7. The van der Waals surface area contributed by atoms with E-state index < -0.39 is 23.3 Å². The topological polar surface area (TPSA) is 119 Å². The molecule has 1 aromatic carbocycles. The second-order valence-electron chi connectivity index (χ2n) is 9.62. The van der Waals surface area contributed by atoms with Crippen LogP contribution < -0.4 is 5.32 Å². The van der Waals surface area contributed by atoms with E-state index in [1.165, 1.54) is 17.0 Å². The Bertz CT molecular complexity index is 1360. The lowest BCUT2D eigenvalue weighted by atomic mass is 10.0. The summed E-state index contributed by atoms with van der Waals surface area (Å²) in [5, 5.41) is 15.2. The van der Waals surface area contributed by atoms with Crippen molar-refractivity contribution in [1.29, 1.82) is 0 Å². The molecule has 1 N–H and O–H groups in total. The van der Waals surface area contributed by atoms with E-state index in [2.05, 4.69) is 25.7 Å². The van der Waals surface area contributed by atoms with E-state index in [0.717, 1.165) is 4.80 Å². The Morgan fingerprint density at radius 3 is 2.41 bits per heavy atom. The molecule has 4 rings (SSSR count). The van der Waals surface area contributed by atoms with Crippen molar-refractivity contribution in [3.8, 4) is 11.6 Å². The van der Waals surface area contributed by atoms with Crippen LogP contribution in [0.25, 0.3) is 11.6 Å². The number of nitrogens with one attached hydrogen (secondary N) is 1. The number of rotatable bonds is 8. The van der Waals surface area contributed by atoms with E-state index in [-0.39, 0.29) is 24.8 Å². The summed E-state index contributed by atoms with van der Waals surface area (Å²) in [4.78, 5) is 33.9. The largest absolute Gasteiger partial charge is 0.458 e. The number of aromatic nitrogens is 5. The number of carbonyl (C=O) groups is 2. The molecule has 11 heteroatoms. The Balaban J connectivity index is 1.68. The monoisotopic (exact) mass is 505 g/mol. The van der Waals surface area contributed by atoms with Gasteiger partial charge in [0, 0.05) is 24.5 Å². The zero-order chi connectivity index (χ0) is 26.6. The number of hydrogen-bond acceptors (Lipinski definition) is 7. The van der Waals surface area contributed by atoms with Gasteiger partial charge >= 0.3 is 0 Å². The molecule has 0 bridgehead atoms. The van der Waals surface area contributed by atoms with E-state index in [1.54, 1.807) is 55.7 Å². The van der Waals surface area contributed by atoms with Gasteiger partial charge in [0.25, 0.3) is 0 Å². The van der Waals surface area contributed by atoms with E-state index in [4.69, 9.17) is 4.42 Å². The molecule has 1 atom stereocenters. The van der Waals surface area contributed by atoms with Crippen molar-refractivity contribution in [2.75, 3.05) is 0 Å². The van der Waals surface area contributed by atoms with Crippen molar-refractivity contribution in [1.82, 2.24) is 35.4 Å². The van der Waals surface area contributed by atoms with Gasteiger partial charge in [-0.25, -0.2) is 4.39 Å². The average molecular weight is 506 g/mol. The van der Waals surface area contributed by atoms with Gasteiger partial charge in [0.2, 0.25) is 17.6 Å². The van der Waals surface area contributed by atoms with Crippen molar-refractivity contribution in [3.63, 3.8) is 0 Å². The number of pyridine rings is 1. The second kappa shape index (κ2) is 10.7. The summed E-state index contributed by atoms with van der Waals surface area (Å²) in [7, 11) is 0. The molecule has 3 heterocycles. The number of hydrogen-bond donors (Lipinski definition) is 1. The Hall–Kier alpha value is -4.41. The molecule has 37 heavy (non-hydrogen) atoms. The van der Waals surface area contributed by atoms with Gasteiger partial charge < -0.3 is 14.6 Å². The summed E-state index contributed by atoms with van der Waals surface area (Å²) in [6, 6.07) is 11.6. The quantitative estimate of drug-likeness (QED) is 0.389. The van der Waals surface area contributed by atoms with Gasteiger partial charge in [0.05, 0.1) is 0 Å². The average Bonchev–Trinajstić information content (AvgIpc) is 3.48. The van der Waals surface area contributed by atoms with Gasteiger partial charge in [0.15, 0.2) is 5.76 Å². The molecule has 0 unspecified atom stereocenters. The molecule has 2 amide bonds. The number of amides is 2. The summed E-state index contributed by atoms with van der Waals surface area (Å²) in [5.74, 6) is 0.159. The number of furan rings is 1. The van der Waals surface area contributed by atoms with Crippen molar-refractivity contribution in [3.05, 3.63) is 83.6 Å². The summed E-state index contributed by atoms with van der Waals surface area (Å²) < 4.78 is 19.1. The van der Waals surface area contributed by atoms with E-state index in [1.807, 2.05) is 20.8 Å². The third-order valence-electron chi connectivity index (χ3n) is 5.36. The predicted molar refractivity (Wildman–Crippen MR) is 132 cm³/mol. The lowest BCUT2D eigenvalue weighted by molar-refractivity contribution is -0.143. The Morgan fingerprint density at radius 1 is 1.08 bits per heavy atom. The molecule has 0 aliphatic carbocycles. The molecule has 192 valence electrons. The molecule has 4 aromatic rings. The van der Waals surface area contributed by atoms with Crippen molar-refractivity contribution in [2.24, 2.45) is 0 Å². The third kappa shape index (κ3) is 6.63. The van der Waals surface area contributed by atoms with Crippen LogP contribution in [-0.4, -0.2) is 47.4 Å². The molecule has 3 aromatic heterocycles. The Labute approximate surface area is 213 Å². The highest BCUT2D eigenvalue weighted by Gasteiger charge is 2.34. The van der Waals surface area contributed by atoms with E-state index in [0.29, 0.717) is 22.6 Å². The maximum atomic E-state index is 13.7. The zero-order valence-electron chi connectivity index (χ0n) is 21.1. The normalized spacial score (nSPS) is 12.2. The Morgan fingerprint density at radius 2 is 1.78 bits per heavy atom. The highest BCUT2D eigenvalue weighted by Crippen LogP contribution is 2.25. The molecule has 0 aliphatic heterocycles. The summed E-state index contributed by atoms with van der Waals surface area (Å²) >= 11 is 0. The zero-order valence-corrected chi connectivity index (χ0v) is 21.1. The molecule has 0 aliphatic rings. The van der Waals surface area contributed by atoms with Crippen LogP contribution in [0.1, 0.15) is 43.7 Å². The van der Waals surface area contributed by atoms with Crippen LogP contribution in [0.2, 0.25) is 0 Å². The molecule has 0 fully saturated rings. The number of aryl methyl sites for hydroxylation is 1. The third-order valence-corrected chi connectivity index (χ3v) is 5.36. The van der Waals surface area contributed by atoms with Gasteiger partial charge in [-0.05, 0) is 80.4 Å². The molecule has 10 nitrogen and oxygen atoms in total. The first-order chi connectivity index (χ1) is 17.6. The minimum absolute atomic E-state index is 0.0442. The molecule has 0 radical (unpaired) electrons. The first kappa shape index (κ1) is 25.7. The highest BCUT2D eigenvalue weighted by atomic mass is 19.1. The van der Waals surface area contributed by atoms with Crippen LogP contribution in [0.5, 0.6) is 0 Å². The molecule has 0 saturated heterocycles. The van der Waals surface area contributed by atoms with Crippen LogP contribution in [0, 0.1) is 12.7 Å². The fourth-order valence-electron chi connectivity index (χ4n) is 3.74. The van der Waals surface area contributed by atoms with Crippen LogP contribution in [0.4, 0.5) is 4.39 Å². The summed E-state index contributed by atoms with van der Waals surface area (Å²) in [5.41, 5.74) is 0.678. The fourth-order valence-corrected chi connectivity index (χ4v) is 3.74. The lowest BCUT2D eigenvalue weighted by Gasteiger charge is -2.33. The number of benzene rings is 1. The predicted octanol–water partition coefficient (Wildman–Crippen LogP) is 3.46. The molecular formula is C26H28FN7O3. The number of nitrogens with zero attached hydrogens (tertiary/aromatic N) is 6. The molecule has 0 spiro atoms. The maximum Gasteiger partial charge on any atom is 0.247 e. The minimum Gasteiger partial charge on any atom is -0.458 e.